The summed E-state index contributed by atoms with van der Waals surface area (Å²) in [7, 11) is 0. The van der Waals surface area contributed by atoms with Crippen LogP contribution in [0.5, 0.6) is 5.75 Å². The molecule has 3 rings (SSSR count). The van der Waals surface area contributed by atoms with E-state index >= 15 is 0 Å². The van der Waals surface area contributed by atoms with E-state index in [2.05, 4.69) is 36.1 Å². The summed E-state index contributed by atoms with van der Waals surface area (Å²) in [5, 5.41) is 11.1. The second-order valence-electron chi connectivity index (χ2n) is 6.89. The third kappa shape index (κ3) is 4.83. The van der Waals surface area contributed by atoms with Gasteiger partial charge in [-0.05, 0) is 55.6 Å². The predicted octanol–water partition coefficient (Wildman–Crippen LogP) is 4.39. The van der Waals surface area contributed by atoms with Gasteiger partial charge >= 0.3 is 0 Å². The summed E-state index contributed by atoms with van der Waals surface area (Å²) in [6, 6.07) is 18.3. The van der Waals surface area contributed by atoms with Crippen molar-refractivity contribution in [1.29, 1.82) is 0 Å². The fraction of sp³-hybridized carbons (Fsp3) is 0.455. The van der Waals surface area contributed by atoms with E-state index in [9.17, 15) is 5.11 Å². The summed E-state index contributed by atoms with van der Waals surface area (Å²) in [4.78, 5) is 2.47. The minimum absolute atomic E-state index is 0.0849. The number of aliphatic hydroxyl groups excluding tert-OH is 1. The van der Waals surface area contributed by atoms with Crippen LogP contribution in [-0.4, -0.2) is 36.2 Å². The molecule has 1 aliphatic heterocycles. The molecule has 0 bridgehead atoms. The molecule has 2 aromatic rings. The van der Waals surface area contributed by atoms with E-state index in [1.54, 1.807) is 0 Å². The average Bonchev–Trinajstić information content (AvgIpc) is 3.18. The van der Waals surface area contributed by atoms with Gasteiger partial charge < -0.3 is 14.7 Å². The molecule has 1 heterocycles. The highest BCUT2D eigenvalue weighted by atomic mass is 16.5. The highest BCUT2D eigenvalue weighted by Crippen LogP contribution is 2.33. The van der Waals surface area contributed by atoms with Crippen molar-refractivity contribution in [2.75, 3.05) is 26.2 Å². The van der Waals surface area contributed by atoms with Crippen molar-refractivity contribution in [3.8, 4) is 5.75 Å². The molecular weight excluding hydrogens is 310 g/mol. The van der Waals surface area contributed by atoms with Crippen LogP contribution in [0.1, 0.15) is 49.3 Å². The number of rotatable bonds is 8. The maximum Gasteiger partial charge on any atom is 0.119 e. The number of ether oxygens (including phenoxy) is 1. The van der Waals surface area contributed by atoms with E-state index in [4.69, 9.17) is 4.74 Å². The van der Waals surface area contributed by atoms with Gasteiger partial charge in [-0.1, -0.05) is 49.4 Å². The molecule has 3 nitrogen and oxygen atoms in total. The monoisotopic (exact) mass is 339 g/mol. The lowest BCUT2D eigenvalue weighted by atomic mass is 9.88. The number of nitrogens with zero attached hydrogens (tertiary/aromatic N) is 1. The van der Waals surface area contributed by atoms with Crippen LogP contribution in [0.3, 0.4) is 0 Å². The third-order valence-electron chi connectivity index (χ3n) is 4.96. The minimum atomic E-state index is -0.511. The maximum atomic E-state index is 11.1. The van der Waals surface area contributed by atoms with Gasteiger partial charge in [0.25, 0.3) is 0 Å². The van der Waals surface area contributed by atoms with Crippen LogP contribution < -0.4 is 4.74 Å². The van der Waals surface area contributed by atoms with E-state index in [-0.39, 0.29) is 5.92 Å². The Kier molecular flexibility index (Phi) is 6.48. The van der Waals surface area contributed by atoms with Crippen molar-refractivity contribution in [1.82, 2.24) is 4.90 Å². The van der Waals surface area contributed by atoms with Gasteiger partial charge in [0.1, 0.15) is 5.75 Å². The van der Waals surface area contributed by atoms with Crippen LogP contribution >= 0.6 is 0 Å². The van der Waals surface area contributed by atoms with Crippen molar-refractivity contribution in [3.05, 3.63) is 65.7 Å². The molecule has 0 aliphatic carbocycles. The fourth-order valence-electron chi connectivity index (χ4n) is 3.54. The Hall–Kier alpha value is -1.84. The van der Waals surface area contributed by atoms with E-state index in [1.807, 2.05) is 30.3 Å². The highest BCUT2D eigenvalue weighted by molar-refractivity contribution is 5.32. The van der Waals surface area contributed by atoms with Crippen molar-refractivity contribution < 1.29 is 9.84 Å². The Balaban J connectivity index is 1.76. The number of hydrogen-bond donors (Lipinski definition) is 1. The standard InChI is InChI=1S/C22H29NO2/c1-2-16-25-20-12-10-19(11-13-20)22(24)21(17-23-14-6-7-15-23)18-8-4-3-5-9-18/h3-5,8-13,21-22,24H,2,6-7,14-17H2,1H3/t21-,22-/m0/s1. The molecule has 0 amide bonds. The first-order valence-electron chi connectivity index (χ1n) is 9.46. The lowest BCUT2D eigenvalue weighted by Gasteiger charge is -2.28. The smallest absolute Gasteiger partial charge is 0.119 e. The molecule has 0 saturated carbocycles. The first kappa shape index (κ1) is 18.0. The summed E-state index contributed by atoms with van der Waals surface area (Å²) < 4.78 is 5.65. The quantitative estimate of drug-likeness (QED) is 0.774. The molecule has 2 aromatic carbocycles. The summed E-state index contributed by atoms with van der Waals surface area (Å²) in [6.07, 6.45) is 3.02. The second kappa shape index (κ2) is 9.02. The van der Waals surface area contributed by atoms with Gasteiger partial charge in [-0.15, -0.1) is 0 Å². The normalized spacial score (nSPS) is 17.4. The van der Waals surface area contributed by atoms with Crippen molar-refractivity contribution in [3.63, 3.8) is 0 Å². The Bertz CT molecular complexity index is 620. The van der Waals surface area contributed by atoms with E-state index in [1.165, 1.54) is 18.4 Å². The number of hydrogen-bond acceptors (Lipinski definition) is 3. The summed E-state index contributed by atoms with van der Waals surface area (Å²) in [5.74, 6) is 0.954. The van der Waals surface area contributed by atoms with Gasteiger partial charge in [0.05, 0.1) is 12.7 Å². The SMILES string of the molecule is CCCOc1ccc([C@H](O)[C@@H](CN2CCCC2)c2ccccc2)cc1. The highest BCUT2D eigenvalue weighted by Gasteiger charge is 2.26. The molecule has 0 aromatic heterocycles. The van der Waals surface area contributed by atoms with Crippen LogP contribution in [0, 0.1) is 0 Å². The molecule has 2 atom stereocenters. The maximum absolute atomic E-state index is 11.1. The van der Waals surface area contributed by atoms with E-state index in [0.717, 1.165) is 44.0 Å². The molecule has 1 N–H and O–H groups in total. The van der Waals surface area contributed by atoms with Gasteiger partial charge in [0, 0.05) is 12.5 Å². The summed E-state index contributed by atoms with van der Waals surface area (Å²) in [5.41, 5.74) is 2.16. The summed E-state index contributed by atoms with van der Waals surface area (Å²) >= 11 is 0. The summed E-state index contributed by atoms with van der Waals surface area (Å²) in [6.45, 7) is 6.00. The van der Waals surface area contributed by atoms with Crippen LogP contribution in [0.4, 0.5) is 0 Å². The van der Waals surface area contributed by atoms with E-state index < -0.39 is 6.10 Å². The van der Waals surface area contributed by atoms with Crippen LogP contribution in [0.2, 0.25) is 0 Å². The third-order valence-corrected chi connectivity index (χ3v) is 4.96. The number of aliphatic hydroxyl groups is 1. The van der Waals surface area contributed by atoms with Crippen molar-refractivity contribution in [2.24, 2.45) is 0 Å². The van der Waals surface area contributed by atoms with Crippen LogP contribution in [-0.2, 0) is 0 Å². The van der Waals surface area contributed by atoms with Crippen LogP contribution in [0.15, 0.2) is 54.6 Å². The Morgan fingerprint density at radius 3 is 2.28 bits per heavy atom. The molecule has 25 heavy (non-hydrogen) atoms. The first-order chi connectivity index (χ1) is 12.3. The molecule has 3 heteroatoms. The number of benzene rings is 2. The van der Waals surface area contributed by atoms with Gasteiger partial charge in [-0.2, -0.15) is 0 Å². The lowest BCUT2D eigenvalue weighted by molar-refractivity contribution is 0.123. The fourth-order valence-corrected chi connectivity index (χ4v) is 3.54. The Morgan fingerprint density at radius 2 is 1.64 bits per heavy atom. The molecule has 0 unspecified atom stereocenters. The number of likely N-dealkylation sites (tertiary alicyclic amines) is 1. The largest absolute Gasteiger partial charge is 0.494 e. The molecule has 1 saturated heterocycles. The van der Waals surface area contributed by atoms with Crippen LogP contribution in [0.25, 0.3) is 0 Å². The average molecular weight is 339 g/mol. The zero-order chi connectivity index (χ0) is 17.5. The zero-order valence-electron chi connectivity index (χ0n) is 15.1. The lowest BCUT2D eigenvalue weighted by Crippen LogP contribution is -2.29. The molecule has 0 radical (unpaired) electrons. The van der Waals surface area contributed by atoms with Crippen molar-refractivity contribution in [2.45, 2.75) is 38.2 Å². The van der Waals surface area contributed by atoms with E-state index in [0.29, 0.717) is 0 Å². The topological polar surface area (TPSA) is 32.7 Å². The van der Waals surface area contributed by atoms with Gasteiger partial charge in [-0.3, -0.25) is 0 Å². The van der Waals surface area contributed by atoms with Gasteiger partial charge in [-0.25, -0.2) is 0 Å². The minimum Gasteiger partial charge on any atom is -0.494 e. The Morgan fingerprint density at radius 1 is 0.960 bits per heavy atom. The van der Waals surface area contributed by atoms with Gasteiger partial charge in [0.15, 0.2) is 0 Å². The molecule has 1 aliphatic rings. The first-order valence-corrected chi connectivity index (χ1v) is 9.46. The Labute approximate surface area is 151 Å². The molecule has 1 fully saturated rings. The second-order valence-corrected chi connectivity index (χ2v) is 6.89. The van der Waals surface area contributed by atoms with Gasteiger partial charge in [0.2, 0.25) is 0 Å². The molecular formula is C22H29NO2. The predicted molar refractivity (Wildman–Crippen MR) is 102 cm³/mol. The zero-order valence-corrected chi connectivity index (χ0v) is 15.1. The van der Waals surface area contributed by atoms with Crippen molar-refractivity contribution >= 4 is 0 Å². The molecule has 134 valence electrons. The molecule has 0 spiro atoms.